The SMILES string of the molecule is Fc1cnc(Cc2ccc(Cl)cc2)nc1OC1CCNCC1. The minimum atomic E-state index is -0.515. The van der Waals surface area contributed by atoms with Crippen LogP contribution in [0.3, 0.4) is 0 Å². The summed E-state index contributed by atoms with van der Waals surface area (Å²) in [5.74, 6) is 0.0666. The van der Waals surface area contributed by atoms with Crippen molar-refractivity contribution in [3.63, 3.8) is 0 Å². The van der Waals surface area contributed by atoms with Crippen LogP contribution in [-0.2, 0) is 6.42 Å². The first-order valence-corrected chi connectivity index (χ1v) is 7.72. The minimum absolute atomic E-state index is 0.00836. The molecule has 1 saturated heterocycles. The largest absolute Gasteiger partial charge is 0.472 e. The van der Waals surface area contributed by atoms with E-state index < -0.39 is 5.82 Å². The maximum Gasteiger partial charge on any atom is 0.254 e. The van der Waals surface area contributed by atoms with E-state index in [1.807, 2.05) is 24.3 Å². The van der Waals surface area contributed by atoms with E-state index in [0.717, 1.165) is 31.5 Å². The van der Waals surface area contributed by atoms with Crippen molar-refractivity contribution in [2.24, 2.45) is 0 Å². The van der Waals surface area contributed by atoms with Gasteiger partial charge >= 0.3 is 0 Å². The van der Waals surface area contributed by atoms with Crippen molar-refractivity contribution < 1.29 is 9.13 Å². The normalized spacial score (nSPS) is 15.7. The van der Waals surface area contributed by atoms with Gasteiger partial charge in [0.2, 0.25) is 5.82 Å². The molecule has 0 bridgehead atoms. The molecule has 1 aliphatic rings. The van der Waals surface area contributed by atoms with E-state index in [1.54, 1.807) is 0 Å². The average molecular weight is 322 g/mol. The van der Waals surface area contributed by atoms with Crippen molar-refractivity contribution in [3.8, 4) is 5.88 Å². The number of piperidine rings is 1. The first-order valence-electron chi connectivity index (χ1n) is 7.34. The van der Waals surface area contributed by atoms with Gasteiger partial charge in [0.1, 0.15) is 11.9 Å². The molecule has 0 saturated carbocycles. The van der Waals surface area contributed by atoms with E-state index in [1.165, 1.54) is 6.20 Å². The van der Waals surface area contributed by atoms with E-state index >= 15 is 0 Å². The third-order valence-electron chi connectivity index (χ3n) is 3.60. The van der Waals surface area contributed by atoms with Crippen molar-refractivity contribution in [2.45, 2.75) is 25.4 Å². The smallest absolute Gasteiger partial charge is 0.254 e. The molecular weight excluding hydrogens is 305 g/mol. The summed E-state index contributed by atoms with van der Waals surface area (Å²) in [5.41, 5.74) is 1.02. The zero-order valence-corrected chi connectivity index (χ0v) is 12.8. The van der Waals surface area contributed by atoms with Gasteiger partial charge in [-0.15, -0.1) is 0 Å². The van der Waals surface area contributed by atoms with Crippen molar-refractivity contribution in [3.05, 3.63) is 52.7 Å². The molecule has 116 valence electrons. The second kappa shape index (κ2) is 7.03. The van der Waals surface area contributed by atoms with Crippen LogP contribution in [0.25, 0.3) is 0 Å². The number of aromatic nitrogens is 2. The number of halogens is 2. The molecule has 22 heavy (non-hydrogen) atoms. The molecule has 3 rings (SSSR count). The quantitative estimate of drug-likeness (QED) is 0.940. The van der Waals surface area contributed by atoms with Gasteiger partial charge in [-0.05, 0) is 43.6 Å². The number of hydrogen-bond acceptors (Lipinski definition) is 4. The van der Waals surface area contributed by atoms with Gasteiger partial charge in [0.15, 0.2) is 0 Å². The maximum absolute atomic E-state index is 13.8. The summed E-state index contributed by atoms with van der Waals surface area (Å²) < 4.78 is 19.5. The van der Waals surface area contributed by atoms with Crippen LogP contribution in [0.4, 0.5) is 4.39 Å². The van der Waals surface area contributed by atoms with Gasteiger partial charge in [0, 0.05) is 11.4 Å². The fraction of sp³-hybridized carbons (Fsp3) is 0.375. The summed E-state index contributed by atoms with van der Waals surface area (Å²) in [5, 5.41) is 3.93. The molecule has 0 spiro atoms. The molecular formula is C16H17ClFN3O. The standard InChI is InChI=1S/C16H17ClFN3O/c17-12-3-1-11(2-4-12)9-15-20-10-14(18)16(21-15)22-13-5-7-19-8-6-13/h1-4,10,13,19H,5-9H2. The molecule has 0 amide bonds. The van der Waals surface area contributed by atoms with E-state index in [-0.39, 0.29) is 12.0 Å². The third kappa shape index (κ3) is 3.93. The average Bonchev–Trinajstić information content (AvgIpc) is 2.54. The summed E-state index contributed by atoms with van der Waals surface area (Å²) in [6.45, 7) is 1.77. The van der Waals surface area contributed by atoms with E-state index in [0.29, 0.717) is 17.3 Å². The van der Waals surface area contributed by atoms with Gasteiger partial charge in [-0.25, -0.2) is 4.98 Å². The van der Waals surface area contributed by atoms with Crippen LogP contribution in [0.15, 0.2) is 30.5 Å². The third-order valence-corrected chi connectivity index (χ3v) is 3.85. The highest BCUT2D eigenvalue weighted by Crippen LogP contribution is 2.19. The second-order valence-electron chi connectivity index (χ2n) is 5.31. The number of benzene rings is 1. The lowest BCUT2D eigenvalue weighted by atomic mass is 10.1. The van der Waals surface area contributed by atoms with Crippen LogP contribution in [0.5, 0.6) is 5.88 Å². The van der Waals surface area contributed by atoms with E-state index in [2.05, 4.69) is 15.3 Å². The van der Waals surface area contributed by atoms with Crippen molar-refractivity contribution in [1.29, 1.82) is 0 Å². The monoisotopic (exact) mass is 321 g/mol. The topological polar surface area (TPSA) is 47.0 Å². The summed E-state index contributed by atoms with van der Waals surface area (Å²) >= 11 is 5.86. The van der Waals surface area contributed by atoms with Gasteiger partial charge in [0.25, 0.3) is 5.88 Å². The van der Waals surface area contributed by atoms with Crippen molar-refractivity contribution in [2.75, 3.05) is 13.1 Å². The fourth-order valence-electron chi connectivity index (χ4n) is 2.41. The van der Waals surface area contributed by atoms with Gasteiger partial charge in [-0.1, -0.05) is 23.7 Å². The Kier molecular flexibility index (Phi) is 4.85. The van der Waals surface area contributed by atoms with Gasteiger partial charge in [-0.3, -0.25) is 0 Å². The number of nitrogens with zero attached hydrogens (tertiary/aromatic N) is 2. The molecule has 0 atom stereocenters. The second-order valence-corrected chi connectivity index (χ2v) is 5.75. The summed E-state index contributed by atoms with van der Waals surface area (Å²) in [7, 11) is 0. The lowest BCUT2D eigenvalue weighted by molar-refractivity contribution is 0.148. The van der Waals surface area contributed by atoms with Crippen LogP contribution in [0.1, 0.15) is 24.2 Å². The lowest BCUT2D eigenvalue weighted by Gasteiger charge is -2.23. The number of nitrogens with one attached hydrogen (secondary N) is 1. The molecule has 0 unspecified atom stereocenters. The molecule has 0 radical (unpaired) electrons. The highest BCUT2D eigenvalue weighted by atomic mass is 35.5. The first-order chi connectivity index (χ1) is 10.7. The zero-order chi connectivity index (χ0) is 15.4. The van der Waals surface area contributed by atoms with Gasteiger partial charge in [-0.2, -0.15) is 9.37 Å². The molecule has 4 nitrogen and oxygen atoms in total. The van der Waals surface area contributed by atoms with E-state index in [9.17, 15) is 4.39 Å². The Morgan fingerprint density at radius 1 is 1.23 bits per heavy atom. The molecule has 2 aromatic rings. The summed E-state index contributed by atoms with van der Waals surface area (Å²) in [6.07, 6.45) is 3.41. The van der Waals surface area contributed by atoms with Crippen LogP contribution in [0, 0.1) is 5.82 Å². The minimum Gasteiger partial charge on any atom is -0.472 e. The lowest BCUT2D eigenvalue weighted by Crippen LogP contribution is -2.34. The number of hydrogen-bond donors (Lipinski definition) is 1. The molecule has 1 aliphatic heterocycles. The molecule has 1 fully saturated rings. The predicted molar refractivity (Wildman–Crippen MR) is 82.8 cm³/mol. The van der Waals surface area contributed by atoms with Crippen LogP contribution in [0.2, 0.25) is 5.02 Å². The van der Waals surface area contributed by atoms with E-state index in [4.69, 9.17) is 16.3 Å². The summed E-state index contributed by atoms with van der Waals surface area (Å²) in [4.78, 5) is 8.26. The zero-order valence-electron chi connectivity index (χ0n) is 12.1. The Morgan fingerprint density at radius 3 is 2.68 bits per heavy atom. The molecule has 1 N–H and O–H groups in total. The Labute approximate surface area is 133 Å². The molecule has 2 heterocycles. The fourth-order valence-corrected chi connectivity index (χ4v) is 2.54. The first kappa shape index (κ1) is 15.2. The van der Waals surface area contributed by atoms with Crippen LogP contribution >= 0.6 is 11.6 Å². The van der Waals surface area contributed by atoms with Crippen molar-refractivity contribution in [1.82, 2.24) is 15.3 Å². The van der Waals surface area contributed by atoms with Crippen LogP contribution in [-0.4, -0.2) is 29.2 Å². The highest BCUT2D eigenvalue weighted by Gasteiger charge is 2.18. The number of ether oxygens (including phenoxy) is 1. The summed E-state index contributed by atoms with van der Waals surface area (Å²) in [6, 6.07) is 7.43. The van der Waals surface area contributed by atoms with Crippen LogP contribution < -0.4 is 10.1 Å². The Bertz CT molecular complexity index is 630. The van der Waals surface area contributed by atoms with Crippen molar-refractivity contribution >= 4 is 11.6 Å². The molecule has 1 aromatic heterocycles. The highest BCUT2D eigenvalue weighted by molar-refractivity contribution is 6.30. The predicted octanol–water partition coefficient (Wildman–Crippen LogP) is 2.99. The van der Waals surface area contributed by atoms with Gasteiger partial charge in [0.05, 0.1) is 6.20 Å². The Hall–Kier alpha value is -1.72. The molecule has 1 aromatic carbocycles. The molecule has 0 aliphatic carbocycles. The Morgan fingerprint density at radius 2 is 1.95 bits per heavy atom. The molecule has 6 heteroatoms. The van der Waals surface area contributed by atoms with Gasteiger partial charge < -0.3 is 10.1 Å². The Balaban J connectivity index is 1.72. The number of rotatable bonds is 4. The maximum atomic E-state index is 13.8.